The summed E-state index contributed by atoms with van der Waals surface area (Å²) in [4.78, 5) is 26.2. The van der Waals surface area contributed by atoms with E-state index in [-0.39, 0.29) is 5.56 Å². The van der Waals surface area contributed by atoms with E-state index in [1.165, 1.54) is 11.8 Å². The highest BCUT2D eigenvalue weighted by Gasteiger charge is 2.14. The van der Waals surface area contributed by atoms with Gasteiger partial charge in [0.2, 0.25) is 0 Å². The summed E-state index contributed by atoms with van der Waals surface area (Å²) in [6, 6.07) is 29.3. The number of anilines is 2. The van der Waals surface area contributed by atoms with Crippen LogP contribution in [0.25, 0.3) is 11.3 Å². The fraction of sp³-hybridized carbons (Fsp3) is 0.176. The predicted molar refractivity (Wildman–Crippen MR) is 174 cm³/mol. The van der Waals surface area contributed by atoms with Gasteiger partial charge in [-0.15, -0.1) is 0 Å². The summed E-state index contributed by atoms with van der Waals surface area (Å²) >= 11 is 1.40. The second-order valence-electron chi connectivity index (χ2n) is 9.90. The molecule has 3 aromatic carbocycles. The number of hydrogen-bond acceptors (Lipinski definition) is 9. The summed E-state index contributed by atoms with van der Waals surface area (Å²) in [5, 5.41) is 13.5. The number of methoxy groups -OCH3 is 1. The van der Waals surface area contributed by atoms with Gasteiger partial charge < -0.3 is 24.7 Å². The lowest BCUT2D eigenvalue weighted by Crippen LogP contribution is -2.23. The average Bonchev–Trinajstić information content (AvgIpc) is 3.07. The SMILES string of the molecule is COc1cccc(-c2nc(SCc3cccc(NCc4ccc(OCCN(C)c5ccncc5)cc4)c3)[nH]c(=O)c2C#N)c1. The molecule has 5 rings (SSSR count). The number of nitriles is 1. The number of pyridine rings is 1. The van der Waals surface area contributed by atoms with Crippen LogP contribution >= 0.6 is 11.8 Å². The minimum absolute atomic E-state index is 0.0259. The number of aromatic amines is 1. The van der Waals surface area contributed by atoms with E-state index < -0.39 is 5.56 Å². The van der Waals surface area contributed by atoms with Gasteiger partial charge in [-0.05, 0) is 59.7 Å². The molecule has 9 nitrogen and oxygen atoms in total. The Bertz CT molecular complexity index is 1790. The van der Waals surface area contributed by atoms with Crippen LogP contribution in [0.5, 0.6) is 11.5 Å². The summed E-state index contributed by atoms with van der Waals surface area (Å²) in [5.41, 5.74) is 4.78. The molecule has 0 saturated heterocycles. The van der Waals surface area contributed by atoms with Gasteiger partial charge in [0.1, 0.15) is 29.7 Å². The summed E-state index contributed by atoms with van der Waals surface area (Å²) in [6.45, 7) is 2.01. The number of rotatable bonds is 13. The topological polar surface area (TPSA) is 116 Å². The average molecular weight is 605 g/mol. The molecule has 0 atom stereocenters. The van der Waals surface area contributed by atoms with Crippen molar-refractivity contribution in [3.63, 3.8) is 0 Å². The minimum atomic E-state index is -0.466. The van der Waals surface area contributed by atoms with E-state index in [1.807, 2.05) is 55.6 Å². The van der Waals surface area contributed by atoms with Gasteiger partial charge in [0.25, 0.3) is 5.56 Å². The number of benzene rings is 3. The molecule has 0 aliphatic carbocycles. The molecule has 0 unspecified atom stereocenters. The molecule has 10 heteroatoms. The maximum atomic E-state index is 12.7. The first kappa shape index (κ1) is 30.2. The highest BCUT2D eigenvalue weighted by Crippen LogP contribution is 2.27. The van der Waals surface area contributed by atoms with Crippen molar-refractivity contribution in [3.05, 3.63) is 124 Å². The Kier molecular flexibility index (Phi) is 10.1. The van der Waals surface area contributed by atoms with E-state index in [1.54, 1.807) is 43.8 Å². The van der Waals surface area contributed by atoms with E-state index >= 15 is 0 Å². The molecule has 0 saturated carbocycles. The van der Waals surface area contributed by atoms with Crippen LogP contribution in [0.4, 0.5) is 11.4 Å². The van der Waals surface area contributed by atoms with Gasteiger partial charge >= 0.3 is 0 Å². The highest BCUT2D eigenvalue weighted by molar-refractivity contribution is 7.98. The normalized spacial score (nSPS) is 10.6. The van der Waals surface area contributed by atoms with E-state index in [0.29, 0.717) is 41.1 Å². The maximum Gasteiger partial charge on any atom is 0.270 e. The first-order valence-electron chi connectivity index (χ1n) is 14.0. The Hall–Kier alpha value is -5.27. The third-order valence-corrected chi connectivity index (χ3v) is 7.82. The van der Waals surface area contributed by atoms with Crippen LogP contribution in [0.15, 0.2) is 107 Å². The summed E-state index contributed by atoms with van der Waals surface area (Å²) in [7, 11) is 3.60. The maximum absolute atomic E-state index is 12.7. The summed E-state index contributed by atoms with van der Waals surface area (Å²) in [5.74, 6) is 2.04. The molecule has 0 radical (unpaired) electrons. The van der Waals surface area contributed by atoms with Crippen LogP contribution in [-0.2, 0) is 12.3 Å². The molecule has 0 spiro atoms. The molecule has 2 heterocycles. The molecule has 0 bridgehead atoms. The lowest BCUT2D eigenvalue weighted by atomic mass is 10.1. The summed E-state index contributed by atoms with van der Waals surface area (Å²) < 4.78 is 11.2. The van der Waals surface area contributed by atoms with Crippen LogP contribution in [0.1, 0.15) is 16.7 Å². The zero-order valence-corrected chi connectivity index (χ0v) is 25.3. The van der Waals surface area contributed by atoms with Crippen molar-refractivity contribution in [1.82, 2.24) is 15.0 Å². The first-order valence-corrected chi connectivity index (χ1v) is 15.0. The van der Waals surface area contributed by atoms with Gasteiger partial charge in [-0.1, -0.05) is 48.2 Å². The second kappa shape index (κ2) is 14.8. The molecule has 44 heavy (non-hydrogen) atoms. The number of ether oxygens (including phenoxy) is 2. The van der Waals surface area contributed by atoms with Crippen molar-refractivity contribution in [3.8, 4) is 28.8 Å². The molecular formula is C34H32N6O3S. The van der Waals surface area contributed by atoms with Gasteiger partial charge in [0.15, 0.2) is 5.16 Å². The highest BCUT2D eigenvalue weighted by atomic mass is 32.2. The van der Waals surface area contributed by atoms with Gasteiger partial charge in [0.05, 0.1) is 19.3 Å². The number of hydrogen-bond donors (Lipinski definition) is 2. The predicted octanol–water partition coefficient (Wildman–Crippen LogP) is 6.13. The van der Waals surface area contributed by atoms with Crippen LogP contribution in [0.3, 0.4) is 0 Å². The van der Waals surface area contributed by atoms with Gasteiger partial charge in [-0.3, -0.25) is 9.78 Å². The van der Waals surface area contributed by atoms with Crippen LogP contribution < -0.4 is 25.2 Å². The molecule has 0 fully saturated rings. The number of likely N-dealkylation sites (N-methyl/N-ethyl adjacent to an activating group) is 1. The number of nitrogens with zero attached hydrogens (tertiary/aromatic N) is 4. The zero-order valence-electron chi connectivity index (χ0n) is 24.5. The fourth-order valence-corrected chi connectivity index (χ4v) is 5.27. The van der Waals surface area contributed by atoms with Crippen LogP contribution in [0.2, 0.25) is 0 Å². The molecular weight excluding hydrogens is 572 g/mol. The third kappa shape index (κ3) is 7.96. The number of thioether (sulfide) groups is 1. The van der Waals surface area contributed by atoms with Crippen molar-refractivity contribution in [2.45, 2.75) is 17.5 Å². The lowest BCUT2D eigenvalue weighted by Gasteiger charge is -2.19. The van der Waals surface area contributed by atoms with Crippen LogP contribution in [0, 0.1) is 11.3 Å². The van der Waals surface area contributed by atoms with E-state index in [2.05, 4.69) is 43.4 Å². The zero-order chi connectivity index (χ0) is 30.7. The molecule has 2 aromatic heterocycles. The van der Waals surface area contributed by atoms with Crippen molar-refractivity contribution < 1.29 is 9.47 Å². The molecule has 0 aliphatic heterocycles. The Morgan fingerprint density at radius 2 is 1.77 bits per heavy atom. The van der Waals surface area contributed by atoms with Crippen molar-refractivity contribution in [2.24, 2.45) is 0 Å². The van der Waals surface area contributed by atoms with Gasteiger partial charge in [0, 0.05) is 48.7 Å². The van der Waals surface area contributed by atoms with E-state index in [4.69, 9.17) is 9.47 Å². The lowest BCUT2D eigenvalue weighted by molar-refractivity contribution is 0.326. The molecule has 222 valence electrons. The molecule has 2 N–H and O–H groups in total. The smallest absolute Gasteiger partial charge is 0.270 e. The van der Waals surface area contributed by atoms with Crippen molar-refractivity contribution in [2.75, 3.05) is 37.5 Å². The van der Waals surface area contributed by atoms with Crippen molar-refractivity contribution in [1.29, 1.82) is 5.26 Å². The van der Waals surface area contributed by atoms with Gasteiger partial charge in [-0.25, -0.2) is 4.98 Å². The second-order valence-corrected chi connectivity index (χ2v) is 10.9. The number of nitrogens with one attached hydrogen (secondary N) is 2. The first-order chi connectivity index (χ1) is 21.5. The monoisotopic (exact) mass is 604 g/mol. The largest absolute Gasteiger partial charge is 0.497 e. The Morgan fingerprint density at radius 1 is 0.977 bits per heavy atom. The number of aromatic nitrogens is 3. The summed E-state index contributed by atoms with van der Waals surface area (Å²) in [6.07, 6.45) is 3.57. The number of H-pyrrole nitrogens is 1. The standard InChI is InChI=1S/C34H32N6O3S/c1-40(28-13-15-36-16-14-28)17-18-43-29-11-9-24(10-12-29)22-37-27-7-3-5-25(19-27)23-44-34-38-32(31(21-35)33(41)39-34)26-6-4-8-30(20-26)42-2/h3-16,19-20,37H,17-18,22-23H2,1-2H3,(H,38,39,41). The minimum Gasteiger partial charge on any atom is -0.497 e. The third-order valence-electron chi connectivity index (χ3n) is 6.87. The van der Waals surface area contributed by atoms with Crippen LogP contribution in [-0.4, -0.2) is 42.3 Å². The fourth-order valence-electron chi connectivity index (χ4n) is 4.46. The van der Waals surface area contributed by atoms with Crippen molar-refractivity contribution >= 4 is 23.1 Å². The molecule has 0 amide bonds. The Morgan fingerprint density at radius 3 is 2.55 bits per heavy atom. The Labute approximate surface area is 260 Å². The molecule has 5 aromatic rings. The van der Waals surface area contributed by atoms with E-state index in [0.717, 1.165) is 34.8 Å². The Balaban J connectivity index is 1.15. The van der Waals surface area contributed by atoms with E-state index in [9.17, 15) is 10.1 Å². The van der Waals surface area contributed by atoms with Gasteiger partial charge in [-0.2, -0.15) is 5.26 Å². The molecule has 0 aliphatic rings. The quantitative estimate of drug-likeness (QED) is 0.121.